The molecule has 3 nitrogen and oxygen atoms in total. The van der Waals surface area contributed by atoms with Gasteiger partial charge < -0.3 is 15.4 Å². The van der Waals surface area contributed by atoms with Crippen LogP contribution in [0, 0.1) is 5.82 Å². The first-order valence-corrected chi connectivity index (χ1v) is 5.81. The largest absolute Gasteiger partial charge is 0.494 e. The molecule has 0 aliphatic heterocycles. The smallest absolute Gasteiger partial charge is 0.165 e. The highest BCUT2D eigenvalue weighted by Crippen LogP contribution is 2.18. The van der Waals surface area contributed by atoms with Crippen molar-refractivity contribution in [3.63, 3.8) is 0 Å². The molecule has 0 saturated heterocycles. The summed E-state index contributed by atoms with van der Waals surface area (Å²) in [4.78, 5) is 2.17. The van der Waals surface area contributed by atoms with E-state index in [0.717, 1.165) is 18.5 Å². The van der Waals surface area contributed by atoms with Crippen molar-refractivity contribution in [2.45, 2.75) is 19.4 Å². The second-order valence-electron chi connectivity index (χ2n) is 4.28. The third-order valence-corrected chi connectivity index (χ3v) is 3.06. The zero-order chi connectivity index (χ0) is 12.8. The van der Waals surface area contributed by atoms with Crippen molar-refractivity contribution in [1.82, 2.24) is 4.90 Å². The van der Waals surface area contributed by atoms with E-state index in [2.05, 4.69) is 11.8 Å². The lowest BCUT2D eigenvalue weighted by Gasteiger charge is -2.23. The van der Waals surface area contributed by atoms with Crippen LogP contribution in [0.3, 0.4) is 0 Å². The predicted molar refractivity (Wildman–Crippen MR) is 67.8 cm³/mol. The first-order chi connectivity index (χ1) is 8.08. The molecule has 4 heteroatoms. The zero-order valence-electron chi connectivity index (χ0n) is 10.7. The number of methoxy groups -OCH3 is 1. The van der Waals surface area contributed by atoms with Gasteiger partial charge in [-0.3, -0.25) is 0 Å². The summed E-state index contributed by atoms with van der Waals surface area (Å²) in [6, 6.07) is 5.43. The molecule has 0 heterocycles. The van der Waals surface area contributed by atoms with Crippen molar-refractivity contribution >= 4 is 0 Å². The number of ether oxygens (including phenoxy) is 1. The van der Waals surface area contributed by atoms with Gasteiger partial charge in [0.1, 0.15) is 0 Å². The Balaban J connectivity index is 2.55. The third-order valence-electron chi connectivity index (χ3n) is 3.06. The van der Waals surface area contributed by atoms with Crippen LogP contribution >= 0.6 is 0 Å². The highest BCUT2D eigenvalue weighted by molar-refractivity contribution is 5.29. The summed E-state index contributed by atoms with van der Waals surface area (Å²) in [6.07, 6.45) is 0.807. The molecule has 0 fully saturated rings. The topological polar surface area (TPSA) is 38.5 Å². The van der Waals surface area contributed by atoms with E-state index in [1.54, 1.807) is 6.07 Å². The molecule has 2 N–H and O–H groups in total. The van der Waals surface area contributed by atoms with Crippen LogP contribution in [0.2, 0.25) is 0 Å². The van der Waals surface area contributed by atoms with E-state index >= 15 is 0 Å². The number of likely N-dealkylation sites (N-methyl/N-ethyl adjacent to an activating group) is 1. The Kier molecular flexibility index (Phi) is 5.38. The maximum absolute atomic E-state index is 13.4. The van der Waals surface area contributed by atoms with Crippen LogP contribution in [0.4, 0.5) is 4.39 Å². The Morgan fingerprint density at radius 3 is 2.71 bits per heavy atom. The minimum absolute atomic E-state index is 0.289. The van der Waals surface area contributed by atoms with Gasteiger partial charge in [0.2, 0.25) is 0 Å². The summed E-state index contributed by atoms with van der Waals surface area (Å²) in [5.41, 5.74) is 6.56. The van der Waals surface area contributed by atoms with Gasteiger partial charge in [-0.2, -0.15) is 0 Å². The molecule has 0 bridgehead atoms. The molecule has 0 radical (unpaired) electrons. The Labute approximate surface area is 102 Å². The first kappa shape index (κ1) is 13.9. The molecule has 1 rings (SSSR count). The molecule has 96 valence electrons. The van der Waals surface area contributed by atoms with Crippen molar-refractivity contribution in [2.24, 2.45) is 5.73 Å². The van der Waals surface area contributed by atoms with Gasteiger partial charge in [-0.05, 0) is 38.1 Å². The van der Waals surface area contributed by atoms with Crippen LogP contribution in [0.1, 0.15) is 12.5 Å². The average Bonchev–Trinajstić information content (AvgIpc) is 2.35. The molecule has 17 heavy (non-hydrogen) atoms. The standard InChI is InChI=1S/C13H21FN2O/c1-10(9-15)16(2)7-6-11-4-5-13(17-3)12(14)8-11/h4-5,8,10H,6-7,9,15H2,1-3H3. The molecule has 0 amide bonds. The van der Waals surface area contributed by atoms with Gasteiger partial charge in [0, 0.05) is 19.1 Å². The maximum Gasteiger partial charge on any atom is 0.165 e. The number of rotatable bonds is 6. The van der Waals surface area contributed by atoms with Crippen molar-refractivity contribution in [2.75, 3.05) is 27.2 Å². The number of halogens is 1. The summed E-state index contributed by atoms with van der Waals surface area (Å²) in [5, 5.41) is 0. The van der Waals surface area contributed by atoms with Crippen LogP contribution < -0.4 is 10.5 Å². The Bertz CT molecular complexity index is 357. The third kappa shape index (κ3) is 3.98. The normalized spacial score (nSPS) is 12.8. The van der Waals surface area contributed by atoms with Crippen LogP contribution in [-0.2, 0) is 6.42 Å². The van der Waals surface area contributed by atoms with E-state index in [-0.39, 0.29) is 11.6 Å². The summed E-state index contributed by atoms with van der Waals surface area (Å²) in [7, 11) is 3.49. The molecule has 0 spiro atoms. The molecule has 0 aliphatic carbocycles. The number of nitrogens with zero attached hydrogens (tertiary/aromatic N) is 1. The highest BCUT2D eigenvalue weighted by atomic mass is 19.1. The molecule has 0 saturated carbocycles. The molecule has 0 aliphatic rings. The minimum atomic E-state index is -0.306. The summed E-state index contributed by atoms with van der Waals surface area (Å²) < 4.78 is 18.3. The van der Waals surface area contributed by atoms with Crippen molar-refractivity contribution in [3.05, 3.63) is 29.6 Å². The summed E-state index contributed by atoms with van der Waals surface area (Å²) >= 11 is 0. The van der Waals surface area contributed by atoms with Crippen LogP contribution in [-0.4, -0.2) is 38.2 Å². The van der Waals surface area contributed by atoms with E-state index in [0.29, 0.717) is 12.6 Å². The Morgan fingerprint density at radius 1 is 1.47 bits per heavy atom. The van der Waals surface area contributed by atoms with E-state index in [4.69, 9.17) is 10.5 Å². The fourth-order valence-electron chi connectivity index (χ4n) is 1.57. The highest BCUT2D eigenvalue weighted by Gasteiger charge is 2.08. The molecule has 1 aromatic rings. The van der Waals surface area contributed by atoms with Gasteiger partial charge in [-0.25, -0.2) is 4.39 Å². The second kappa shape index (κ2) is 6.57. The molecule has 1 unspecified atom stereocenters. The van der Waals surface area contributed by atoms with Crippen molar-refractivity contribution < 1.29 is 9.13 Å². The molecule has 0 aromatic heterocycles. The monoisotopic (exact) mass is 240 g/mol. The van der Waals surface area contributed by atoms with Crippen molar-refractivity contribution in [1.29, 1.82) is 0 Å². The van der Waals surface area contributed by atoms with Crippen molar-refractivity contribution in [3.8, 4) is 5.75 Å². The van der Waals surface area contributed by atoms with Crippen LogP contribution in [0.15, 0.2) is 18.2 Å². The van der Waals surface area contributed by atoms with Crippen LogP contribution in [0.25, 0.3) is 0 Å². The minimum Gasteiger partial charge on any atom is -0.494 e. The number of nitrogens with two attached hydrogens (primary N) is 1. The number of hydrogen-bond acceptors (Lipinski definition) is 3. The van der Waals surface area contributed by atoms with Crippen LogP contribution in [0.5, 0.6) is 5.75 Å². The molecular weight excluding hydrogens is 219 g/mol. The van der Waals surface area contributed by atoms with Gasteiger partial charge in [0.05, 0.1) is 7.11 Å². The summed E-state index contributed by atoms with van der Waals surface area (Å²) in [6.45, 7) is 3.58. The molecular formula is C13H21FN2O. The first-order valence-electron chi connectivity index (χ1n) is 5.81. The Hall–Kier alpha value is -1.13. The quantitative estimate of drug-likeness (QED) is 0.822. The second-order valence-corrected chi connectivity index (χ2v) is 4.28. The van der Waals surface area contributed by atoms with E-state index in [9.17, 15) is 4.39 Å². The van der Waals surface area contributed by atoms with E-state index < -0.39 is 0 Å². The number of benzene rings is 1. The average molecular weight is 240 g/mol. The molecule has 1 atom stereocenters. The van der Waals surface area contributed by atoms with E-state index in [1.165, 1.54) is 13.2 Å². The van der Waals surface area contributed by atoms with Gasteiger partial charge in [0.25, 0.3) is 0 Å². The van der Waals surface area contributed by atoms with Gasteiger partial charge in [-0.15, -0.1) is 0 Å². The predicted octanol–water partition coefficient (Wildman–Crippen LogP) is 1.66. The summed E-state index contributed by atoms with van der Waals surface area (Å²) in [5.74, 6) is -0.0167. The fourth-order valence-corrected chi connectivity index (χ4v) is 1.57. The fraction of sp³-hybridized carbons (Fsp3) is 0.538. The SMILES string of the molecule is COc1ccc(CCN(C)C(C)CN)cc1F. The van der Waals surface area contributed by atoms with Gasteiger partial charge in [0.15, 0.2) is 11.6 Å². The molecule has 1 aromatic carbocycles. The van der Waals surface area contributed by atoms with Gasteiger partial charge >= 0.3 is 0 Å². The Morgan fingerprint density at radius 2 is 2.18 bits per heavy atom. The lowest BCUT2D eigenvalue weighted by atomic mass is 10.1. The number of hydrogen-bond donors (Lipinski definition) is 1. The van der Waals surface area contributed by atoms with Gasteiger partial charge in [-0.1, -0.05) is 6.07 Å². The van der Waals surface area contributed by atoms with E-state index in [1.807, 2.05) is 13.1 Å². The lowest BCUT2D eigenvalue weighted by Crippen LogP contribution is -2.36. The maximum atomic E-state index is 13.4. The lowest BCUT2D eigenvalue weighted by molar-refractivity contribution is 0.266. The zero-order valence-corrected chi connectivity index (χ0v) is 10.7.